The Morgan fingerprint density at radius 2 is 2.54 bits per heavy atom. The van der Waals surface area contributed by atoms with Crippen molar-refractivity contribution in [1.29, 1.82) is 0 Å². The fraction of sp³-hybridized carbons (Fsp3) is 0.500. The lowest BCUT2D eigenvalue weighted by molar-refractivity contribution is -0.144. The third-order valence-electron chi connectivity index (χ3n) is 1.60. The molecule has 1 aromatic heterocycles. The number of aryl methyl sites for hydroxylation is 1. The molecule has 1 N–H and O–H groups in total. The van der Waals surface area contributed by atoms with Crippen LogP contribution in [0, 0.1) is 0 Å². The molecule has 0 aromatic carbocycles. The van der Waals surface area contributed by atoms with E-state index in [2.05, 4.69) is 4.98 Å². The summed E-state index contributed by atoms with van der Waals surface area (Å²) in [4.78, 5) is 14.2. The van der Waals surface area contributed by atoms with Gasteiger partial charge in [-0.25, -0.2) is 9.78 Å². The highest BCUT2D eigenvalue weighted by Gasteiger charge is 2.09. The summed E-state index contributed by atoms with van der Waals surface area (Å²) in [7, 11) is 1.85. The minimum absolute atomic E-state index is 0.280. The number of rotatable bonds is 4. The summed E-state index contributed by atoms with van der Waals surface area (Å²) in [6.45, 7) is 1.48. The van der Waals surface area contributed by atoms with Crippen LogP contribution in [-0.4, -0.2) is 27.2 Å². The first-order chi connectivity index (χ1) is 6.09. The summed E-state index contributed by atoms with van der Waals surface area (Å²) in [6, 6.07) is 0. The van der Waals surface area contributed by atoms with Crippen molar-refractivity contribution in [3.8, 4) is 0 Å². The van der Waals surface area contributed by atoms with Crippen molar-refractivity contribution in [1.82, 2.24) is 9.55 Å². The lowest BCUT2D eigenvalue weighted by Gasteiger charge is -2.07. The molecule has 0 aliphatic rings. The molecule has 1 rings (SSSR count). The first kappa shape index (κ1) is 9.73. The Morgan fingerprint density at radius 1 is 1.85 bits per heavy atom. The van der Waals surface area contributed by atoms with Crippen LogP contribution < -0.4 is 0 Å². The molecule has 0 fully saturated rings. The van der Waals surface area contributed by atoms with E-state index < -0.39 is 5.97 Å². The van der Waals surface area contributed by atoms with E-state index in [1.165, 1.54) is 0 Å². The number of carbonyl (C=O) groups is 1. The molecule has 1 unspecified atom stereocenters. The van der Waals surface area contributed by atoms with Crippen LogP contribution in [0.15, 0.2) is 12.5 Å². The topological polar surface area (TPSA) is 64.3 Å². The Hall–Kier alpha value is -1.36. The number of nitrogens with zero attached hydrogens (tertiary/aromatic N) is 2. The highest BCUT2D eigenvalue weighted by atomic mass is 16.5. The normalized spacial score (nSPS) is 12.8. The first-order valence-corrected chi connectivity index (χ1v) is 3.91. The quantitative estimate of drug-likeness (QED) is 0.743. The number of carboxylic acid groups (broad SMARTS) is 1. The molecule has 0 aliphatic heterocycles. The molecule has 1 atom stereocenters. The predicted molar refractivity (Wildman–Crippen MR) is 45.2 cm³/mol. The molecule has 0 saturated heterocycles. The van der Waals surface area contributed by atoms with Gasteiger partial charge in [0.05, 0.1) is 18.1 Å². The van der Waals surface area contributed by atoms with Crippen molar-refractivity contribution in [3.63, 3.8) is 0 Å². The van der Waals surface area contributed by atoms with E-state index in [1.54, 1.807) is 24.0 Å². The van der Waals surface area contributed by atoms with Gasteiger partial charge in [-0.2, -0.15) is 0 Å². The highest BCUT2D eigenvalue weighted by molar-refractivity contribution is 5.68. The van der Waals surface area contributed by atoms with Gasteiger partial charge in [0.1, 0.15) is 6.61 Å². The number of ether oxygens (including phenoxy) is 1. The smallest absolute Gasteiger partial charge is 0.329 e. The van der Waals surface area contributed by atoms with Gasteiger partial charge < -0.3 is 14.4 Å². The van der Waals surface area contributed by atoms with Gasteiger partial charge in [-0.1, -0.05) is 0 Å². The lowest BCUT2D eigenvalue weighted by atomic mass is 10.3. The highest BCUT2D eigenvalue weighted by Crippen LogP contribution is 2.12. The second kappa shape index (κ2) is 4.04. The predicted octanol–water partition coefficient (Wildman–Crippen LogP) is 0.582. The van der Waals surface area contributed by atoms with E-state index in [1.807, 2.05) is 7.05 Å². The molecular weight excluding hydrogens is 172 g/mol. The molecule has 0 saturated carbocycles. The molecular formula is C8H12N2O3. The number of aliphatic carboxylic acids is 1. The Kier molecular flexibility index (Phi) is 3.02. The van der Waals surface area contributed by atoms with Gasteiger partial charge in [0, 0.05) is 13.2 Å². The Labute approximate surface area is 76.0 Å². The number of aromatic nitrogens is 2. The Balaban J connectivity index is 2.48. The van der Waals surface area contributed by atoms with E-state index in [9.17, 15) is 4.79 Å². The van der Waals surface area contributed by atoms with E-state index in [4.69, 9.17) is 9.84 Å². The van der Waals surface area contributed by atoms with Crippen molar-refractivity contribution < 1.29 is 14.6 Å². The molecule has 72 valence electrons. The number of hydrogen-bond acceptors (Lipinski definition) is 3. The molecule has 0 spiro atoms. The largest absolute Gasteiger partial charge is 0.480 e. The van der Waals surface area contributed by atoms with Crippen molar-refractivity contribution in [3.05, 3.63) is 18.2 Å². The van der Waals surface area contributed by atoms with Crippen molar-refractivity contribution >= 4 is 5.97 Å². The Morgan fingerprint density at radius 3 is 3.00 bits per heavy atom. The number of imidazole rings is 1. The monoisotopic (exact) mass is 184 g/mol. The summed E-state index contributed by atoms with van der Waals surface area (Å²) in [5.74, 6) is -0.970. The number of hydrogen-bond donors (Lipinski definition) is 1. The first-order valence-electron chi connectivity index (χ1n) is 3.91. The molecule has 5 nitrogen and oxygen atoms in total. The summed E-state index contributed by atoms with van der Waals surface area (Å²) in [5.41, 5.74) is 0.740. The summed E-state index contributed by atoms with van der Waals surface area (Å²) < 4.78 is 6.82. The molecule has 13 heavy (non-hydrogen) atoms. The van der Waals surface area contributed by atoms with Crippen LogP contribution in [-0.2, 0) is 16.6 Å². The van der Waals surface area contributed by atoms with E-state index in [0.29, 0.717) is 0 Å². The van der Waals surface area contributed by atoms with E-state index >= 15 is 0 Å². The number of carboxylic acids is 1. The molecule has 5 heteroatoms. The second-order valence-electron chi connectivity index (χ2n) is 2.81. The molecule has 0 aliphatic carbocycles. The van der Waals surface area contributed by atoms with E-state index in [0.717, 1.165) is 5.69 Å². The fourth-order valence-corrected chi connectivity index (χ4v) is 0.925. The van der Waals surface area contributed by atoms with Crippen molar-refractivity contribution in [2.75, 3.05) is 6.61 Å². The third-order valence-corrected chi connectivity index (χ3v) is 1.60. The van der Waals surface area contributed by atoms with Gasteiger partial charge in [-0.05, 0) is 6.92 Å². The average molecular weight is 184 g/mol. The molecule has 0 amide bonds. The second-order valence-corrected chi connectivity index (χ2v) is 2.81. The minimum atomic E-state index is -0.970. The zero-order valence-corrected chi connectivity index (χ0v) is 7.60. The summed E-state index contributed by atoms with van der Waals surface area (Å²) >= 11 is 0. The third kappa shape index (κ3) is 2.87. The van der Waals surface area contributed by atoms with Crippen LogP contribution in [0.3, 0.4) is 0 Å². The van der Waals surface area contributed by atoms with Gasteiger partial charge in [-0.15, -0.1) is 0 Å². The standard InChI is InChI=1S/C8H12N2O3/c1-6(13-4-8(11)12)7-3-10(2)5-9-7/h3,5-6H,4H2,1-2H3,(H,11,12). The molecule has 0 radical (unpaired) electrons. The van der Waals surface area contributed by atoms with Crippen molar-refractivity contribution in [2.45, 2.75) is 13.0 Å². The van der Waals surface area contributed by atoms with Crippen LogP contribution in [0.2, 0.25) is 0 Å². The van der Waals surface area contributed by atoms with Crippen LogP contribution in [0.25, 0.3) is 0 Å². The maximum atomic E-state index is 10.2. The van der Waals surface area contributed by atoms with Crippen molar-refractivity contribution in [2.24, 2.45) is 7.05 Å². The van der Waals surface area contributed by atoms with Gasteiger partial charge in [0.25, 0.3) is 0 Å². The van der Waals surface area contributed by atoms with E-state index in [-0.39, 0.29) is 12.7 Å². The molecule has 0 bridgehead atoms. The zero-order valence-electron chi connectivity index (χ0n) is 7.60. The maximum absolute atomic E-state index is 10.2. The summed E-state index contributed by atoms with van der Waals surface area (Å²) in [5, 5.41) is 8.36. The molecule has 1 aromatic rings. The van der Waals surface area contributed by atoms with Gasteiger partial charge in [0.15, 0.2) is 0 Å². The SMILES string of the molecule is CC(OCC(=O)O)c1cn(C)cn1. The summed E-state index contributed by atoms with van der Waals surface area (Å²) in [6.07, 6.45) is 3.17. The maximum Gasteiger partial charge on any atom is 0.329 e. The lowest BCUT2D eigenvalue weighted by Crippen LogP contribution is -2.10. The zero-order chi connectivity index (χ0) is 9.84. The van der Waals surface area contributed by atoms with Gasteiger partial charge in [0.2, 0.25) is 0 Å². The van der Waals surface area contributed by atoms with Crippen LogP contribution in [0.1, 0.15) is 18.7 Å². The van der Waals surface area contributed by atoms with Crippen LogP contribution in [0.5, 0.6) is 0 Å². The van der Waals surface area contributed by atoms with Crippen LogP contribution in [0.4, 0.5) is 0 Å². The molecule has 1 heterocycles. The minimum Gasteiger partial charge on any atom is -0.480 e. The average Bonchev–Trinajstić information content (AvgIpc) is 2.47. The fourth-order valence-electron chi connectivity index (χ4n) is 0.925. The van der Waals surface area contributed by atoms with Crippen LogP contribution >= 0.6 is 0 Å². The van der Waals surface area contributed by atoms with Gasteiger partial charge >= 0.3 is 5.97 Å². The van der Waals surface area contributed by atoms with Gasteiger partial charge in [-0.3, -0.25) is 0 Å². The Bertz CT molecular complexity index is 295.